The summed E-state index contributed by atoms with van der Waals surface area (Å²) in [5.74, 6) is -3.14. The number of hydrogen-bond acceptors (Lipinski definition) is 5. The van der Waals surface area contributed by atoms with Crippen LogP contribution in [-0.4, -0.2) is 28.5 Å². The third-order valence-corrected chi connectivity index (χ3v) is 4.99. The van der Waals surface area contributed by atoms with Crippen LogP contribution in [0.25, 0.3) is 0 Å². The van der Waals surface area contributed by atoms with Gasteiger partial charge in [-0.25, -0.2) is 4.39 Å². The first-order chi connectivity index (χ1) is 14.4. The number of rotatable bonds is 3. The molecule has 0 radical (unpaired) electrons. The van der Waals surface area contributed by atoms with Crippen molar-refractivity contribution in [3.63, 3.8) is 0 Å². The maximum atomic E-state index is 13.2. The molecule has 0 aliphatic carbocycles. The molecule has 1 atom stereocenters. The second kappa shape index (κ2) is 7.60. The van der Waals surface area contributed by atoms with E-state index in [0.717, 1.165) is 4.90 Å². The van der Waals surface area contributed by atoms with Crippen molar-refractivity contribution in [3.05, 3.63) is 72.1 Å². The van der Waals surface area contributed by atoms with E-state index in [1.165, 1.54) is 35.4 Å². The molecule has 30 heavy (non-hydrogen) atoms. The van der Waals surface area contributed by atoms with Crippen LogP contribution < -0.4 is 15.2 Å². The number of hydrogen-bond donors (Lipinski definition) is 1. The van der Waals surface area contributed by atoms with E-state index < -0.39 is 23.5 Å². The molecule has 4 rings (SSSR count). The van der Waals surface area contributed by atoms with Crippen molar-refractivity contribution in [1.82, 2.24) is 5.32 Å². The number of para-hydroxylation sites is 1. The van der Waals surface area contributed by atoms with E-state index in [1.807, 2.05) is 6.07 Å². The molecular weight excluding hydrogens is 407 g/mol. The summed E-state index contributed by atoms with van der Waals surface area (Å²) < 4.78 is 13.2. The van der Waals surface area contributed by atoms with Crippen molar-refractivity contribution < 1.29 is 18.8 Å². The molecule has 2 aliphatic heterocycles. The lowest BCUT2D eigenvalue weighted by Gasteiger charge is -2.29. The van der Waals surface area contributed by atoms with Gasteiger partial charge in [-0.1, -0.05) is 18.2 Å². The van der Waals surface area contributed by atoms with Gasteiger partial charge in [-0.05, 0) is 61.6 Å². The third-order valence-electron chi connectivity index (χ3n) is 4.70. The van der Waals surface area contributed by atoms with Crippen molar-refractivity contribution in [2.45, 2.75) is 6.92 Å². The maximum absolute atomic E-state index is 13.2. The molecule has 0 spiro atoms. The summed E-state index contributed by atoms with van der Waals surface area (Å²) in [4.78, 5) is 39.5. The van der Waals surface area contributed by atoms with Crippen molar-refractivity contribution in [1.29, 1.82) is 0 Å². The lowest BCUT2D eigenvalue weighted by molar-refractivity contribution is -0.122. The van der Waals surface area contributed by atoms with Gasteiger partial charge >= 0.3 is 0 Å². The summed E-state index contributed by atoms with van der Waals surface area (Å²) in [5, 5.41) is 7.83. The number of amides is 3. The Labute approximate surface area is 176 Å². The Morgan fingerprint density at radius 1 is 1.03 bits per heavy atom. The summed E-state index contributed by atoms with van der Waals surface area (Å²) >= 11 is 5.11. The average Bonchev–Trinajstić information content (AvgIpc) is 3.01. The molecule has 0 aromatic heterocycles. The fourth-order valence-corrected chi connectivity index (χ4v) is 3.48. The van der Waals surface area contributed by atoms with Crippen LogP contribution in [0.5, 0.6) is 0 Å². The minimum Gasteiger partial charge on any atom is -0.298 e. The summed E-state index contributed by atoms with van der Waals surface area (Å²) in [6.07, 6.45) is 1.29. The SMILES string of the molecule is CC1=NN(c2ccccc2)C(=O)[C@@H]1/C=C1/C(=O)NC(=S)N(c2ccc(F)cc2)C1=O. The Kier molecular flexibility index (Phi) is 4.96. The number of nitrogens with one attached hydrogen (secondary N) is 1. The first kappa shape index (κ1) is 19.6. The number of benzene rings is 2. The van der Waals surface area contributed by atoms with E-state index >= 15 is 0 Å². The molecule has 9 heteroatoms. The predicted molar refractivity (Wildman–Crippen MR) is 113 cm³/mol. The molecule has 2 aromatic carbocycles. The first-order valence-corrected chi connectivity index (χ1v) is 9.39. The van der Waals surface area contributed by atoms with E-state index in [4.69, 9.17) is 12.2 Å². The van der Waals surface area contributed by atoms with Crippen molar-refractivity contribution in [2.24, 2.45) is 11.0 Å². The number of carbonyl (C=O) groups is 3. The number of anilines is 2. The molecule has 0 bridgehead atoms. The van der Waals surface area contributed by atoms with Gasteiger partial charge in [0.05, 0.1) is 23.0 Å². The van der Waals surface area contributed by atoms with Gasteiger partial charge in [-0.15, -0.1) is 0 Å². The molecule has 1 fully saturated rings. The Bertz CT molecular complexity index is 1130. The van der Waals surface area contributed by atoms with Crippen LogP contribution in [0, 0.1) is 11.7 Å². The summed E-state index contributed by atoms with van der Waals surface area (Å²) in [6, 6.07) is 13.9. The molecular formula is C21H15FN4O3S. The van der Waals surface area contributed by atoms with Crippen LogP contribution in [-0.2, 0) is 14.4 Å². The Balaban J connectivity index is 1.67. The number of carbonyl (C=O) groups excluding carboxylic acids is 3. The minimum absolute atomic E-state index is 0.122. The third kappa shape index (κ3) is 3.39. The Morgan fingerprint density at radius 3 is 2.37 bits per heavy atom. The van der Waals surface area contributed by atoms with Gasteiger partial charge in [0.15, 0.2) is 5.11 Å². The fourth-order valence-electron chi connectivity index (χ4n) is 3.19. The number of halogens is 1. The molecule has 2 heterocycles. The van der Waals surface area contributed by atoms with Gasteiger partial charge < -0.3 is 0 Å². The van der Waals surface area contributed by atoms with Gasteiger partial charge in [-0.3, -0.25) is 24.6 Å². The van der Waals surface area contributed by atoms with E-state index in [0.29, 0.717) is 17.1 Å². The molecule has 2 aromatic rings. The van der Waals surface area contributed by atoms with Crippen molar-refractivity contribution >= 4 is 52.1 Å². The van der Waals surface area contributed by atoms with E-state index in [1.54, 1.807) is 31.2 Å². The summed E-state index contributed by atoms with van der Waals surface area (Å²) in [6.45, 7) is 1.65. The number of thiocarbonyl (C=S) groups is 1. The zero-order valence-corrected chi connectivity index (χ0v) is 16.5. The van der Waals surface area contributed by atoms with Gasteiger partial charge in [0.25, 0.3) is 17.7 Å². The standard InChI is InChI=1S/C21H15FN4O3S/c1-12-16(20(29)26(24-12)15-5-3-2-4-6-15)11-17-18(27)23-21(30)25(19(17)28)14-9-7-13(22)8-10-14/h2-11,16H,1H3,(H,23,27,30)/b17-11-/t16-/m1/s1. The minimum atomic E-state index is -0.878. The van der Waals surface area contributed by atoms with Crippen LogP contribution in [0.2, 0.25) is 0 Å². The Morgan fingerprint density at radius 2 is 1.70 bits per heavy atom. The molecule has 0 unspecified atom stereocenters. The lowest BCUT2D eigenvalue weighted by atomic mass is 9.98. The fraction of sp³-hybridized carbons (Fsp3) is 0.0952. The molecule has 1 N–H and O–H groups in total. The maximum Gasteiger partial charge on any atom is 0.269 e. The zero-order chi connectivity index (χ0) is 21.4. The second-order valence-corrected chi connectivity index (χ2v) is 7.05. The van der Waals surface area contributed by atoms with Crippen molar-refractivity contribution in [2.75, 3.05) is 9.91 Å². The van der Waals surface area contributed by atoms with Crippen LogP contribution in [0.15, 0.2) is 71.3 Å². The highest BCUT2D eigenvalue weighted by Gasteiger charge is 2.39. The molecule has 1 saturated heterocycles. The molecule has 150 valence electrons. The highest BCUT2D eigenvalue weighted by molar-refractivity contribution is 7.80. The summed E-state index contributed by atoms with van der Waals surface area (Å²) in [5.41, 5.74) is 1.08. The highest BCUT2D eigenvalue weighted by Crippen LogP contribution is 2.27. The molecule has 3 amide bonds. The van der Waals surface area contributed by atoms with Crippen LogP contribution in [0.1, 0.15) is 6.92 Å². The van der Waals surface area contributed by atoms with Crippen LogP contribution >= 0.6 is 12.2 Å². The van der Waals surface area contributed by atoms with Gasteiger partial charge in [-0.2, -0.15) is 10.1 Å². The quantitative estimate of drug-likeness (QED) is 0.468. The number of hydrazone groups is 1. The van der Waals surface area contributed by atoms with E-state index in [2.05, 4.69) is 10.4 Å². The zero-order valence-electron chi connectivity index (χ0n) is 15.7. The predicted octanol–water partition coefficient (Wildman–Crippen LogP) is 2.54. The normalized spacial score (nSPS) is 20.7. The molecule has 2 aliphatic rings. The molecule has 0 saturated carbocycles. The van der Waals surface area contributed by atoms with Crippen LogP contribution in [0.3, 0.4) is 0 Å². The van der Waals surface area contributed by atoms with Crippen LogP contribution in [0.4, 0.5) is 15.8 Å². The largest absolute Gasteiger partial charge is 0.298 e. The Hall–Kier alpha value is -3.72. The second-order valence-electron chi connectivity index (χ2n) is 6.66. The molecule has 7 nitrogen and oxygen atoms in total. The lowest BCUT2D eigenvalue weighted by Crippen LogP contribution is -2.54. The number of nitrogens with zero attached hydrogens (tertiary/aromatic N) is 3. The topological polar surface area (TPSA) is 82.1 Å². The average molecular weight is 422 g/mol. The van der Waals surface area contributed by atoms with E-state index in [-0.39, 0.29) is 16.6 Å². The van der Waals surface area contributed by atoms with Gasteiger partial charge in [0, 0.05) is 0 Å². The van der Waals surface area contributed by atoms with Gasteiger partial charge in [0.2, 0.25) is 0 Å². The summed E-state index contributed by atoms with van der Waals surface area (Å²) in [7, 11) is 0. The van der Waals surface area contributed by atoms with E-state index in [9.17, 15) is 18.8 Å². The van der Waals surface area contributed by atoms with Gasteiger partial charge in [0.1, 0.15) is 11.4 Å². The van der Waals surface area contributed by atoms with Crippen molar-refractivity contribution in [3.8, 4) is 0 Å². The first-order valence-electron chi connectivity index (χ1n) is 8.98. The smallest absolute Gasteiger partial charge is 0.269 e. The monoisotopic (exact) mass is 422 g/mol. The highest BCUT2D eigenvalue weighted by atomic mass is 32.1.